The van der Waals surface area contributed by atoms with Crippen LogP contribution in [0.3, 0.4) is 0 Å². The Morgan fingerprint density at radius 1 is 1.17 bits per heavy atom. The summed E-state index contributed by atoms with van der Waals surface area (Å²) >= 11 is 5.97. The van der Waals surface area contributed by atoms with Crippen LogP contribution in [-0.4, -0.2) is 12.6 Å². The van der Waals surface area contributed by atoms with Crippen LogP contribution in [0.5, 0.6) is 5.75 Å². The Morgan fingerprint density at radius 3 is 2.83 bits per heavy atom. The molecule has 1 aliphatic heterocycles. The van der Waals surface area contributed by atoms with Crippen LogP contribution < -0.4 is 10.1 Å². The van der Waals surface area contributed by atoms with Gasteiger partial charge in [-0.1, -0.05) is 29.8 Å². The van der Waals surface area contributed by atoms with Gasteiger partial charge in [0.25, 0.3) is 0 Å². The van der Waals surface area contributed by atoms with Gasteiger partial charge in [-0.15, -0.1) is 0 Å². The lowest BCUT2D eigenvalue weighted by molar-refractivity contribution is 0.246. The van der Waals surface area contributed by atoms with Gasteiger partial charge in [-0.2, -0.15) is 0 Å². The topological polar surface area (TPSA) is 21.3 Å². The monoisotopic (exact) mass is 259 g/mol. The smallest absolute Gasteiger partial charge is 0.123 e. The third kappa shape index (κ3) is 2.44. The summed E-state index contributed by atoms with van der Waals surface area (Å²) in [5.41, 5.74) is 2.32. The highest BCUT2D eigenvalue weighted by molar-refractivity contribution is 6.30. The van der Waals surface area contributed by atoms with Gasteiger partial charge in [0.1, 0.15) is 11.9 Å². The molecule has 2 aromatic carbocycles. The highest BCUT2D eigenvalue weighted by Gasteiger charge is 2.22. The Kier molecular flexibility index (Phi) is 3.11. The van der Waals surface area contributed by atoms with E-state index in [-0.39, 0.29) is 6.10 Å². The molecule has 1 unspecified atom stereocenters. The Morgan fingerprint density at radius 2 is 2.00 bits per heavy atom. The minimum atomic E-state index is 0.179. The quantitative estimate of drug-likeness (QED) is 0.906. The second-order valence-corrected chi connectivity index (χ2v) is 4.88. The molecule has 0 aliphatic carbocycles. The third-order valence-electron chi connectivity index (χ3n) is 3.07. The number of rotatable bonds is 3. The molecule has 1 N–H and O–H groups in total. The fraction of sp³-hybridized carbons (Fsp3) is 0.200. The Bertz CT molecular complexity index is 541. The summed E-state index contributed by atoms with van der Waals surface area (Å²) in [6.07, 6.45) is 1.09. The normalized spacial score (nSPS) is 17.1. The molecule has 0 spiro atoms. The van der Waals surface area contributed by atoms with E-state index < -0.39 is 0 Å². The third-order valence-corrected chi connectivity index (χ3v) is 3.31. The lowest BCUT2D eigenvalue weighted by Gasteiger charge is -2.12. The van der Waals surface area contributed by atoms with Gasteiger partial charge in [0.15, 0.2) is 0 Å². The van der Waals surface area contributed by atoms with E-state index in [0.717, 1.165) is 29.4 Å². The number of benzene rings is 2. The number of ether oxygens (including phenoxy) is 1. The van der Waals surface area contributed by atoms with E-state index in [2.05, 4.69) is 17.4 Å². The van der Waals surface area contributed by atoms with Gasteiger partial charge >= 0.3 is 0 Å². The number of hydrogen-bond acceptors (Lipinski definition) is 2. The van der Waals surface area contributed by atoms with Crippen molar-refractivity contribution < 1.29 is 4.74 Å². The van der Waals surface area contributed by atoms with Gasteiger partial charge in [0.05, 0.1) is 6.54 Å². The number of halogens is 1. The lowest BCUT2D eigenvalue weighted by atomic mass is 10.1. The Balaban J connectivity index is 1.61. The predicted octanol–water partition coefficient (Wildman–Crippen LogP) is 3.76. The standard InChI is InChI=1S/C15H14ClNO/c16-12-6-7-15-11(8-12)9-14(18-15)10-17-13-4-2-1-3-5-13/h1-8,14,17H,9-10H2. The maximum atomic E-state index is 5.97. The molecule has 0 fully saturated rings. The molecule has 0 radical (unpaired) electrons. The van der Waals surface area contributed by atoms with Crippen LogP contribution in [0.4, 0.5) is 5.69 Å². The first-order valence-electron chi connectivity index (χ1n) is 6.05. The molecule has 1 aliphatic rings. The zero-order chi connectivity index (χ0) is 12.4. The SMILES string of the molecule is Clc1ccc2c(c1)CC(CNc1ccccc1)O2. The van der Waals surface area contributed by atoms with E-state index in [0.29, 0.717) is 0 Å². The molecule has 0 saturated carbocycles. The molecule has 0 saturated heterocycles. The van der Waals surface area contributed by atoms with E-state index in [9.17, 15) is 0 Å². The molecule has 92 valence electrons. The Hall–Kier alpha value is -1.67. The summed E-state index contributed by atoms with van der Waals surface area (Å²) in [6, 6.07) is 16.0. The summed E-state index contributed by atoms with van der Waals surface area (Å²) in [5.74, 6) is 0.958. The van der Waals surface area contributed by atoms with Gasteiger partial charge in [0, 0.05) is 17.1 Å². The van der Waals surface area contributed by atoms with Crippen molar-refractivity contribution in [1.82, 2.24) is 0 Å². The average molecular weight is 260 g/mol. The van der Waals surface area contributed by atoms with Crippen molar-refractivity contribution in [2.45, 2.75) is 12.5 Å². The largest absolute Gasteiger partial charge is 0.488 e. The van der Waals surface area contributed by atoms with Crippen LogP contribution in [-0.2, 0) is 6.42 Å². The van der Waals surface area contributed by atoms with Crippen molar-refractivity contribution in [3.63, 3.8) is 0 Å². The molecule has 1 heterocycles. The predicted molar refractivity (Wildman–Crippen MR) is 74.5 cm³/mol. The van der Waals surface area contributed by atoms with Gasteiger partial charge in [-0.25, -0.2) is 0 Å². The fourth-order valence-corrected chi connectivity index (χ4v) is 2.39. The van der Waals surface area contributed by atoms with E-state index in [1.165, 1.54) is 5.56 Å². The maximum absolute atomic E-state index is 5.97. The minimum Gasteiger partial charge on any atom is -0.488 e. The fourth-order valence-electron chi connectivity index (χ4n) is 2.19. The van der Waals surface area contributed by atoms with E-state index in [1.54, 1.807) is 0 Å². The minimum absolute atomic E-state index is 0.179. The first-order valence-corrected chi connectivity index (χ1v) is 6.43. The lowest BCUT2D eigenvalue weighted by Crippen LogP contribution is -2.23. The zero-order valence-electron chi connectivity index (χ0n) is 9.90. The molecule has 0 aromatic heterocycles. The van der Waals surface area contributed by atoms with Crippen molar-refractivity contribution >= 4 is 17.3 Å². The van der Waals surface area contributed by atoms with Gasteiger partial charge in [0.2, 0.25) is 0 Å². The van der Waals surface area contributed by atoms with Crippen molar-refractivity contribution in [1.29, 1.82) is 0 Å². The molecular weight excluding hydrogens is 246 g/mol. The molecule has 3 heteroatoms. The molecule has 1 atom stereocenters. The second-order valence-electron chi connectivity index (χ2n) is 4.44. The highest BCUT2D eigenvalue weighted by Crippen LogP contribution is 2.31. The number of hydrogen-bond donors (Lipinski definition) is 1. The van der Waals surface area contributed by atoms with Gasteiger partial charge < -0.3 is 10.1 Å². The number of anilines is 1. The number of fused-ring (bicyclic) bond motifs is 1. The summed E-state index contributed by atoms with van der Waals surface area (Å²) in [5, 5.41) is 4.15. The molecule has 3 rings (SSSR count). The molecular formula is C15H14ClNO. The van der Waals surface area contributed by atoms with Crippen molar-refractivity contribution in [3.8, 4) is 5.75 Å². The van der Waals surface area contributed by atoms with Crippen LogP contribution in [0.1, 0.15) is 5.56 Å². The van der Waals surface area contributed by atoms with E-state index in [1.807, 2.05) is 36.4 Å². The number of para-hydroxylation sites is 1. The van der Waals surface area contributed by atoms with Crippen LogP contribution >= 0.6 is 11.6 Å². The first-order chi connectivity index (χ1) is 8.81. The summed E-state index contributed by atoms with van der Waals surface area (Å²) in [6.45, 7) is 0.802. The average Bonchev–Trinajstić information content (AvgIpc) is 2.79. The summed E-state index contributed by atoms with van der Waals surface area (Å²) in [4.78, 5) is 0. The van der Waals surface area contributed by atoms with E-state index >= 15 is 0 Å². The molecule has 2 aromatic rings. The van der Waals surface area contributed by atoms with Gasteiger partial charge in [-0.3, -0.25) is 0 Å². The van der Waals surface area contributed by atoms with Crippen LogP contribution in [0.2, 0.25) is 5.02 Å². The van der Waals surface area contributed by atoms with Crippen molar-refractivity contribution in [2.75, 3.05) is 11.9 Å². The van der Waals surface area contributed by atoms with Gasteiger partial charge in [-0.05, 0) is 35.9 Å². The number of nitrogens with one attached hydrogen (secondary N) is 1. The summed E-state index contributed by atoms with van der Waals surface area (Å²) in [7, 11) is 0. The van der Waals surface area contributed by atoms with Crippen molar-refractivity contribution in [2.24, 2.45) is 0 Å². The highest BCUT2D eigenvalue weighted by atomic mass is 35.5. The Labute approximate surface area is 112 Å². The molecule has 2 nitrogen and oxygen atoms in total. The summed E-state index contributed by atoms with van der Waals surface area (Å²) < 4.78 is 5.86. The second kappa shape index (κ2) is 4.91. The maximum Gasteiger partial charge on any atom is 0.123 e. The molecule has 0 bridgehead atoms. The van der Waals surface area contributed by atoms with Crippen LogP contribution in [0.25, 0.3) is 0 Å². The van der Waals surface area contributed by atoms with Crippen LogP contribution in [0.15, 0.2) is 48.5 Å². The van der Waals surface area contributed by atoms with E-state index in [4.69, 9.17) is 16.3 Å². The molecule has 0 amide bonds. The first kappa shape index (κ1) is 11.4. The molecule has 18 heavy (non-hydrogen) atoms. The zero-order valence-corrected chi connectivity index (χ0v) is 10.7. The van der Waals surface area contributed by atoms with Crippen LogP contribution in [0, 0.1) is 0 Å². The van der Waals surface area contributed by atoms with Crippen molar-refractivity contribution in [3.05, 3.63) is 59.1 Å².